The summed E-state index contributed by atoms with van der Waals surface area (Å²) in [4.78, 5) is 23.5. The molecule has 1 heterocycles. The van der Waals surface area contributed by atoms with Crippen LogP contribution in [0.1, 0.15) is 10.4 Å². The highest BCUT2D eigenvalue weighted by atomic mass is 35.5. The fourth-order valence-corrected chi connectivity index (χ4v) is 2.02. The number of nitrogens with one attached hydrogen (secondary N) is 2. The van der Waals surface area contributed by atoms with E-state index in [1.807, 2.05) is 0 Å². The number of morpholine rings is 1. The van der Waals surface area contributed by atoms with Gasteiger partial charge in [0.05, 0.1) is 24.3 Å². The van der Waals surface area contributed by atoms with Crippen LogP contribution in [-0.4, -0.2) is 44.8 Å². The van der Waals surface area contributed by atoms with Crippen LogP contribution in [0.25, 0.3) is 0 Å². The lowest BCUT2D eigenvalue weighted by molar-refractivity contribution is -0.128. The maximum Gasteiger partial charge on any atom is 0.339 e. The Balaban J connectivity index is 2.09. The molecule has 0 aliphatic carbocycles. The third kappa shape index (κ3) is 3.47. The molecule has 2 N–H and O–H groups in total. The van der Waals surface area contributed by atoms with E-state index in [0.717, 1.165) is 6.54 Å². The summed E-state index contributed by atoms with van der Waals surface area (Å²) in [5.41, 5.74) is 0.670. The van der Waals surface area contributed by atoms with E-state index in [1.165, 1.54) is 19.2 Å². The average molecular weight is 299 g/mol. The molecule has 1 amide bonds. The van der Waals surface area contributed by atoms with E-state index in [4.69, 9.17) is 16.3 Å². The van der Waals surface area contributed by atoms with Gasteiger partial charge in [-0.1, -0.05) is 11.6 Å². The summed E-state index contributed by atoms with van der Waals surface area (Å²) in [7, 11) is 1.27. The van der Waals surface area contributed by atoms with E-state index in [1.54, 1.807) is 6.07 Å². The fraction of sp³-hybridized carbons (Fsp3) is 0.385. The normalized spacial score (nSPS) is 18.4. The molecule has 1 aromatic rings. The van der Waals surface area contributed by atoms with Crippen molar-refractivity contribution in [2.24, 2.45) is 0 Å². The van der Waals surface area contributed by atoms with Gasteiger partial charge in [0.25, 0.3) is 5.91 Å². The Labute approximate surface area is 121 Å². The predicted octanol–water partition coefficient (Wildman–Crippen LogP) is 1.05. The molecule has 1 aromatic carbocycles. The van der Waals surface area contributed by atoms with Crippen molar-refractivity contribution in [1.29, 1.82) is 0 Å². The Kier molecular flexibility index (Phi) is 4.94. The predicted molar refractivity (Wildman–Crippen MR) is 74.0 cm³/mol. The van der Waals surface area contributed by atoms with Crippen LogP contribution in [0, 0.1) is 0 Å². The zero-order valence-electron chi connectivity index (χ0n) is 10.9. The van der Waals surface area contributed by atoms with Gasteiger partial charge >= 0.3 is 5.97 Å². The molecular formula is C13H15ClN2O4. The first-order chi connectivity index (χ1) is 9.61. The fourth-order valence-electron chi connectivity index (χ4n) is 1.83. The van der Waals surface area contributed by atoms with Gasteiger partial charge in [0.2, 0.25) is 0 Å². The van der Waals surface area contributed by atoms with Gasteiger partial charge in [-0.25, -0.2) is 4.79 Å². The van der Waals surface area contributed by atoms with Crippen LogP contribution < -0.4 is 10.6 Å². The van der Waals surface area contributed by atoms with E-state index < -0.39 is 12.1 Å². The van der Waals surface area contributed by atoms with Gasteiger partial charge in [0.15, 0.2) is 0 Å². The highest BCUT2D eigenvalue weighted by molar-refractivity contribution is 6.33. The highest BCUT2D eigenvalue weighted by Gasteiger charge is 2.22. The van der Waals surface area contributed by atoms with E-state index >= 15 is 0 Å². The third-order valence-corrected chi connectivity index (χ3v) is 3.19. The van der Waals surface area contributed by atoms with Crippen LogP contribution in [0.5, 0.6) is 0 Å². The zero-order chi connectivity index (χ0) is 14.5. The van der Waals surface area contributed by atoms with Crippen molar-refractivity contribution >= 4 is 29.2 Å². The van der Waals surface area contributed by atoms with Crippen LogP contribution in [0.3, 0.4) is 0 Å². The minimum atomic E-state index is -0.554. The van der Waals surface area contributed by atoms with Crippen molar-refractivity contribution in [3.8, 4) is 0 Å². The summed E-state index contributed by atoms with van der Waals surface area (Å²) in [5, 5.41) is 6.03. The zero-order valence-corrected chi connectivity index (χ0v) is 11.7. The van der Waals surface area contributed by atoms with Gasteiger partial charge in [-0.05, 0) is 18.2 Å². The number of esters is 1. The summed E-state index contributed by atoms with van der Waals surface area (Å²) in [6.45, 7) is 1.69. The SMILES string of the molecule is COC(=O)c1cc(NC(=O)C2CNCCO2)ccc1Cl. The molecule has 1 unspecified atom stereocenters. The van der Waals surface area contributed by atoms with E-state index in [2.05, 4.69) is 15.4 Å². The first-order valence-corrected chi connectivity index (χ1v) is 6.50. The summed E-state index contributed by atoms with van der Waals surface area (Å²) >= 11 is 5.91. The van der Waals surface area contributed by atoms with Crippen molar-refractivity contribution in [3.63, 3.8) is 0 Å². The number of hydrogen-bond donors (Lipinski definition) is 2. The number of halogens is 1. The van der Waals surface area contributed by atoms with Crippen molar-refractivity contribution in [1.82, 2.24) is 5.32 Å². The number of methoxy groups -OCH3 is 1. The van der Waals surface area contributed by atoms with Crippen molar-refractivity contribution in [2.75, 3.05) is 32.1 Å². The number of amides is 1. The Bertz CT molecular complexity index is 515. The minimum Gasteiger partial charge on any atom is -0.465 e. The molecule has 1 fully saturated rings. The van der Waals surface area contributed by atoms with Crippen LogP contribution in [0.15, 0.2) is 18.2 Å². The molecule has 20 heavy (non-hydrogen) atoms. The number of anilines is 1. The van der Waals surface area contributed by atoms with Gasteiger partial charge in [-0.3, -0.25) is 4.79 Å². The molecule has 1 aliphatic heterocycles. The van der Waals surface area contributed by atoms with Gasteiger partial charge in [0.1, 0.15) is 6.10 Å². The summed E-state index contributed by atoms with van der Waals surface area (Å²) in [6, 6.07) is 4.62. The van der Waals surface area contributed by atoms with Gasteiger partial charge in [0, 0.05) is 18.8 Å². The second-order valence-corrected chi connectivity index (χ2v) is 4.65. The molecule has 0 bridgehead atoms. The maximum absolute atomic E-state index is 12.0. The van der Waals surface area contributed by atoms with Gasteiger partial charge in [-0.2, -0.15) is 0 Å². The standard InChI is InChI=1S/C13H15ClN2O4/c1-19-13(18)9-6-8(2-3-10(9)14)16-12(17)11-7-15-4-5-20-11/h2-3,6,11,15H,4-5,7H2,1H3,(H,16,17). The lowest BCUT2D eigenvalue weighted by atomic mass is 10.2. The topological polar surface area (TPSA) is 76.7 Å². The van der Waals surface area contributed by atoms with E-state index in [9.17, 15) is 9.59 Å². The van der Waals surface area contributed by atoms with Gasteiger partial charge in [-0.15, -0.1) is 0 Å². The summed E-state index contributed by atoms with van der Waals surface area (Å²) in [5.74, 6) is -0.822. The number of rotatable bonds is 3. The van der Waals surface area contributed by atoms with Crippen molar-refractivity contribution < 1.29 is 19.1 Å². The van der Waals surface area contributed by atoms with Crippen LogP contribution in [0.2, 0.25) is 5.02 Å². The summed E-state index contributed by atoms with van der Waals surface area (Å²) in [6.07, 6.45) is -0.541. The van der Waals surface area contributed by atoms with Crippen LogP contribution in [0.4, 0.5) is 5.69 Å². The molecule has 1 aliphatic rings. The molecule has 0 spiro atoms. The largest absolute Gasteiger partial charge is 0.465 e. The molecule has 108 valence electrons. The number of hydrogen-bond acceptors (Lipinski definition) is 5. The molecule has 0 radical (unpaired) electrons. The molecule has 1 saturated heterocycles. The molecule has 6 nitrogen and oxygen atoms in total. The quantitative estimate of drug-likeness (QED) is 0.816. The van der Waals surface area contributed by atoms with Crippen molar-refractivity contribution in [2.45, 2.75) is 6.10 Å². The molecule has 7 heteroatoms. The second kappa shape index (κ2) is 6.69. The highest BCUT2D eigenvalue weighted by Crippen LogP contribution is 2.21. The Morgan fingerprint density at radius 1 is 1.50 bits per heavy atom. The first-order valence-electron chi connectivity index (χ1n) is 6.13. The van der Waals surface area contributed by atoms with Gasteiger partial charge < -0.3 is 20.1 Å². The minimum absolute atomic E-state index is 0.203. The van der Waals surface area contributed by atoms with Crippen LogP contribution in [-0.2, 0) is 14.3 Å². The number of carbonyl (C=O) groups excluding carboxylic acids is 2. The number of ether oxygens (including phenoxy) is 2. The van der Waals surface area contributed by atoms with E-state index in [0.29, 0.717) is 18.8 Å². The lowest BCUT2D eigenvalue weighted by Crippen LogP contribution is -2.45. The summed E-state index contributed by atoms with van der Waals surface area (Å²) < 4.78 is 9.96. The lowest BCUT2D eigenvalue weighted by Gasteiger charge is -2.22. The van der Waals surface area contributed by atoms with Crippen LogP contribution >= 0.6 is 11.6 Å². The molecular weight excluding hydrogens is 284 g/mol. The molecule has 1 atom stereocenters. The number of carbonyl (C=O) groups is 2. The second-order valence-electron chi connectivity index (χ2n) is 4.24. The average Bonchev–Trinajstić information content (AvgIpc) is 2.49. The van der Waals surface area contributed by atoms with E-state index in [-0.39, 0.29) is 16.5 Å². The smallest absolute Gasteiger partial charge is 0.339 e. The molecule has 0 saturated carbocycles. The Morgan fingerprint density at radius 2 is 2.30 bits per heavy atom. The maximum atomic E-state index is 12.0. The Hall–Kier alpha value is -1.63. The third-order valence-electron chi connectivity index (χ3n) is 2.86. The first kappa shape index (κ1) is 14.8. The molecule has 0 aromatic heterocycles. The molecule has 2 rings (SSSR count). The Morgan fingerprint density at radius 3 is 2.95 bits per heavy atom. The number of benzene rings is 1. The van der Waals surface area contributed by atoms with Crippen molar-refractivity contribution in [3.05, 3.63) is 28.8 Å². The monoisotopic (exact) mass is 298 g/mol.